The molecule has 0 spiro atoms. The van der Waals surface area contributed by atoms with Crippen LogP contribution >= 0.6 is 0 Å². The molecule has 1 saturated heterocycles. The van der Waals surface area contributed by atoms with Crippen LogP contribution in [-0.2, 0) is 14.1 Å². The molecular weight excluding hydrogens is 302 g/mol. The molecule has 0 aliphatic carbocycles. The minimum absolute atomic E-state index is 0.244. The van der Waals surface area contributed by atoms with E-state index in [1.165, 1.54) is 17.9 Å². The fourth-order valence-electron chi connectivity index (χ4n) is 3.22. The Bertz CT molecular complexity index is 862. The van der Waals surface area contributed by atoms with Crippen molar-refractivity contribution in [3.8, 4) is 0 Å². The number of hydrogen-bond donors (Lipinski definition) is 3. The van der Waals surface area contributed by atoms with Gasteiger partial charge in [-0.3, -0.25) is 13.9 Å². The zero-order chi connectivity index (χ0) is 16.9. The van der Waals surface area contributed by atoms with E-state index >= 15 is 0 Å². The second-order valence-corrected chi connectivity index (χ2v) is 6.42. The molecule has 0 amide bonds. The third-order valence-corrected chi connectivity index (χ3v) is 4.59. The van der Waals surface area contributed by atoms with E-state index in [0.717, 1.165) is 4.57 Å². The van der Waals surface area contributed by atoms with Gasteiger partial charge in [0.05, 0.1) is 24.1 Å². The Kier molecular flexibility index (Phi) is 3.66. The monoisotopic (exact) mass is 323 g/mol. The van der Waals surface area contributed by atoms with Crippen LogP contribution in [0.25, 0.3) is 11.2 Å². The topological polar surface area (TPSA) is 114 Å². The van der Waals surface area contributed by atoms with E-state index in [0.29, 0.717) is 6.54 Å². The first-order valence-electron chi connectivity index (χ1n) is 7.47. The van der Waals surface area contributed by atoms with Crippen molar-refractivity contribution >= 4 is 11.2 Å². The Morgan fingerprint density at radius 3 is 2.74 bits per heavy atom. The van der Waals surface area contributed by atoms with Gasteiger partial charge in [0.25, 0.3) is 5.56 Å². The lowest BCUT2D eigenvalue weighted by atomic mass is 9.93. The first-order valence-corrected chi connectivity index (χ1v) is 7.47. The van der Waals surface area contributed by atoms with Crippen LogP contribution in [-0.4, -0.2) is 53.7 Å². The summed E-state index contributed by atoms with van der Waals surface area (Å²) in [6.45, 7) is 2.30. The van der Waals surface area contributed by atoms with Crippen molar-refractivity contribution in [3.05, 3.63) is 27.2 Å². The lowest BCUT2D eigenvalue weighted by Crippen LogP contribution is -2.44. The number of rotatable bonds is 1. The fraction of sp³-hybridized carbons (Fsp3) is 0.643. The van der Waals surface area contributed by atoms with Gasteiger partial charge in [0, 0.05) is 27.2 Å². The van der Waals surface area contributed by atoms with Crippen molar-refractivity contribution < 1.29 is 10.2 Å². The van der Waals surface area contributed by atoms with E-state index in [1.54, 1.807) is 18.5 Å². The van der Waals surface area contributed by atoms with Crippen molar-refractivity contribution in [1.29, 1.82) is 0 Å². The highest BCUT2D eigenvalue weighted by Crippen LogP contribution is 2.30. The molecule has 0 aromatic carbocycles. The van der Waals surface area contributed by atoms with E-state index in [1.807, 2.05) is 0 Å². The molecule has 2 aromatic rings. The first-order chi connectivity index (χ1) is 10.7. The molecule has 0 radical (unpaired) electrons. The molecule has 3 atom stereocenters. The summed E-state index contributed by atoms with van der Waals surface area (Å²) in [4.78, 5) is 28.7. The SMILES string of the molecule is Cn1c(=O)c2c(ncn2[C@@H]2C[C@@H](O)CNC[C@@]2(C)O)n(C)c1=O. The van der Waals surface area contributed by atoms with Gasteiger partial charge < -0.3 is 20.1 Å². The summed E-state index contributed by atoms with van der Waals surface area (Å²) in [5, 5.41) is 23.8. The molecule has 23 heavy (non-hydrogen) atoms. The third kappa shape index (κ3) is 2.41. The predicted molar refractivity (Wildman–Crippen MR) is 83.4 cm³/mol. The van der Waals surface area contributed by atoms with Gasteiger partial charge in [0.1, 0.15) is 0 Å². The molecule has 0 unspecified atom stereocenters. The van der Waals surface area contributed by atoms with Crippen molar-refractivity contribution in [2.24, 2.45) is 14.1 Å². The summed E-state index contributed by atoms with van der Waals surface area (Å²) >= 11 is 0. The maximum Gasteiger partial charge on any atom is 0.332 e. The molecule has 3 N–H and O–H groups in total. The quantitative estimate of drug-likeness (QED) is 0.564. The van der Waals surface area contributed by atoms with Gasteiger partial charge in [0.15, 0.2) is 11.2 Å². The molecule has 3 rings (SSSR count). The number of β-amino-alcohol motifs (C(OH)–C–C–N with tert-alkyl or cyclic N) is 2. The largest absolute Gasteiger partial charge is 0.392 e. The third-order valence-electron chi connectivity index (χ3n) is 4.59. The van der Waals surface area contributed by atoms with E-state index in [-0.39, 0.29) is 24.1 Å². The molecule has 1 fully saturated rings. The predicted octanol–water partition coefficient (Wildman–Crippen LogP) is -1.92. The van der Waals surface area contributed by atoms with Crippen LogP contribution in [0.1, 0.15) is 19.4 Å². The van der Waals surface area contributed by atoms with Crippen molar-refractivity contribution in [2.75, 3.05) is 13.1 Å². The Hall–Kier alpha value is -1.97. The summed E-state index contributed by atoms with van der Waals surface area (Å²) in [5.74, 6) is 0. The summed E-state index contributed by atoms with van der Waals surface area (Å²) < 4.78 is 3.89. The second kappa shape index (κ2) is 5.29. The second-order valence-electron chi connectivity index (χ2n) is 6.42. The maximum atomic E-state index is 12.5. The van der Waals surface area contributed by atoms with Crippen LogP contribution in [0.2, 0.25) is 0 Å². The van der Waals surface area contributed by atoms with Crippen LogP contribution in [0.5, 0.6) is 0 Å². The summed E-state index contributed by atoms with van der Waals surface area (Å²) in [7, 11) is 2.95. The minimum atomic E-state index is -1.18. The van der Waals surface area contributed by atoms with Gasteiger partial charge in [-0.2, -0.15) is 0 Å². The average Bonchev–Trinajstić information content (AvgIpc) is 2.87. The van der Waals surface area contributed by atoms with Crippen LogP contribution in [0.3, 0.4) is 0 Å². The Labute approximate surface area is 131 Å². The first kappa shape index (κ1) is 15.9. The van der Waals surface area contributed by atoms with Crippen molar-refractivity contribution in [3.63, 3.8) is 0 Å². The van der Waals surface area contributed by atoms with E-state index in [4.69, 9.17) is 0 Å². The standard InChI is InChI=1S/C14H21N5O4/c1-14(23)6-15-5-8(20)4-9(14)19-7-16-11-10(19)12(21)18(3)13(22)17(11)2/h7-9,15,20,23H,4-6H2,1-3H3/t8-,9-,14-/m1/s1. The van der Waals surface area contributed by atoms with Crippen molar-refractivity contribution in [1.82, 2.24) is 24.0 Å². The van der Waals surface area contributed by atoms with Gasteiger partial charge in [-0.15, -0.1) is 0 Å². The zero-order valence-corrected chi connectivity index (χ0v) is 13.4. The van der Waals surface area contributed by atoms with Gasteiger partial charge in [-0.25, -0.2) is 9.78 Å². The highest BCUT2D eigenvalue weighted by Gasteiger charge is 2.38. The smallest absolute Gasteiger partial charge is 0.332 e. The highest BCUT2D eigenvalue weighted by molar-refractivity contribution is 5.70. The molecule has 9 nitrogen and oxygen atoms in total. The molecule has 2 aromatic heterocycles. The number of hydrogen-bond acceptors (Lipinski definition) is 6. The lowest BCUT2D eigenvalue weighted by Gasteiger charge is -2.32. The number of imidazole rings is 1. The summed E-state index contributed by atoms with van der Waals surface area (Å²) in [5.41, 5.74) is -1.59. The molecular formula is C14H21N5O4. The van der Waals surface area contributed by atoms with Gasteiger partial charge in [-0.1, -0.05) is 0 Å². The number of nitrogens with one attached hydrogen (secondary N) is 1. The molecule has 0 bridgehead atoms. The number of aliphatic hydroxyl groups is 2. The maximum absolute atomic E-state index is 12.5. The van der Waals surface area contributed by atoms with Crippen molar-refractivity contribution in [2.45, 2.75) is 31.1 Å². The lowest BCUT2D eigenvalue weighted by molar-refractivity contribution is 0.00338. The van der Waals surface area contributed by atoms with Crippen LogP contribution in [0.4, 0.5) is 0 Å². The minimum Gasteiger partial charge on any atom is -0.392 e. The highest BCUT2D eigenvalue weighted by atomic mass is 16.3. The fourth-order valence-corrected chi connectivity index (χ4v) is 3.22. The Morgan fingerprint density at radius 1 is 1.35 bits per heavy atom. The Balaban J connectivity index is 2.28. The molecule has 1 aliphatic rings. The van der Waals surface area contributed by atoms with E-state index in [2.05, 4.69) is 10.3 Å². The summed E-state index contributed by atoms with van der Waals surface area (Å²) in [6.07, 6.45) is 1.07. The van der Waals surface area contributed by atoms with Crippen LogP contribution in [0.15, 0.2) is 15.9 Å². The van der Waals surface area contributed by atoms with Gasteiger partial charge in [0.2, 0.25) is 0 Å². The zero-order valence-electron chi connectivity index (χ0n) is 13.4. The van der Waals surface area contributed by atoms with Gasteiger partial charge in [-0.05, 0) is 13.3 Å². The molecule has 1 aliphatic heterocycles. The Morgan fingerprint density at radius 2 is 2.04 bits per heavy atom. The average molecular weight is 323 g/mol. The number of fused-ring (bicyclic) bond motifs is 1. The molecule has 0 saturated carbocycles. The van der Waals surface area contributed by atoms with Gasteiger partial charge >= 0.3 is 5.69 Å². The van der Waals surface area contributed by atoms with Crippen LogP contribution < -0.4 is 16.6 Å². The molecule has 9 heteroatoms. The van der Waals surface area contributed by atoms with E-state index < -0.39 is 29.0 Å². The van der Waals surface area contributed by atoms with Crippen LogP contribution in [0, 0.1) is 0 Å². The number of aromatic nitrogens is 4. The molecule has 126 valence electrons. The number of aliphatic hydroxyl groups excluding tert-OH is 1. The number of nitrogens with zero attached hydrogens (tertiary/aromatic N) is 4. The van der Waals surface area contributed by atoms with E-state index in [9.17, 15) is 19.8 Å². The number of aryl methyl sites for hydroxylation is 1. The molecule has 3 heterocycles. The normalized spacial score (nSPS) is 28.9. The summed E-state index contributed by atoms with van der Waals surface area (Å²) in [6, 6.07) is -0.539.